The normalized spacial score (nSPS) is 17.2. The Labute approximate surface area is 149 Å². The van der Waals surface area contributed by atoms with Crippen molar-refractivity contribution >= 4 is 5.96 Å². The van der Waals surface area contributed by atoms with E-state index in [0.29, 0.717) is 19.2 Å². The summed E-state index contributed by atoms with van der Waals surface area (Å²) in [5.74, 6) is 1.84. The zero-order valence-electron chi connectivity index (χ0n) is 14.8. The van der Waals surface area contributed by atoms with Crippen LogP contribution in [0.5, 0.6) is 0 Å². The first kappa shape index (κ1) is 17.5. The number of rotatable bonds is 7. The smallest absolute Gasteiger partial charge is 0.191 e. The van der Waals surface area contributed by atoms with Crippen LogP contribution in [-0.4, -0.2) is 38.8 Å². The van der Waals surface area contributed by atoms with E-state index in [4.69, 9.17) is 9.15 Å². The minimum Gasteiger partial charge on any atom is -0.469 e. The molecule has 1 aliphatic carbocycles. The molecule has 0 spiro atoms. The number of aryl methyl sites for hydroxylation is 1. The summed E-state index contributed by atoms with van der Waals surface area (Å²) in [6, 6.07) is 13.0. The Morgan fingerprint density at radius 1 is 1.24 bits per heavy atom. The molecule has 1 heterocycles. The second-order valence-corrected chi connectivity index (χ2v) is 6.33. The predicted octanol–water partition coefficient (Wildman–Crippen LogP) is 2.56. The van der Waals surface area contributed by atoms with Gasteiger partial charge in [-0.3, -0.25) is 4.99 Å². The van der Waals surface area contributed by atoms with Gasteiger partial charge in [0.05, 0.1) is 19.4 Å². The molecule has 1 unspecified atom stereocenters. The second-order valence-electron chi connectivity index (χ2n) is 6.33. The number of nitrogens with zero attached hydrogens (tertiary/aromatic N) is 1. The molecule has 5 heteroatoms. The second kappa shape index (κ2) is 9.28. The molecule has 1 aromatic carbocycles. The average Bonchev–Trinajstić information content (AvgIpc) is 3.15. The monoisotopic (exact) mass is 341 g/mol. The van der Waals surface area contributed by atoms with Gasteiger partial charge in [0.15, 0.2) is 5.96 Å². The first-order chi connectivity index (χ1) is 12.3. The van der Waals surface area contributed by atoms with Crippen LogP contribution in [0, 0.1) is 0 Å². The minimum atomic E-state index is 0.410. The van der Waals surface area contributed by atoms with Gasteiger partial charge in [0.1, 0.15) is 5.76 Å². The molecular weight excluding hydrogens is 314 g/mol. The Bertz CT molecular complexity index is 667. The Morgan fingerprint density at radius 3 is 2.92 bits per heavy atom. The molecule has 1 aromatic heterocycles. The van der Waals surface area contributed by atoms with Crippen molar-refractivity contribution in [3.05, 3.63) is 59.5 Å². The molecule has 0 saturated carbocycles. The van der Waals surface area contributed by atoms with Gasteiger partial charge < -0.3 is 19.8 Å². The van der Waals surface area contributed by atoms with Crippen LogP contribution in [0.2, 0.25) is 0 Å². The van der Waals surface area contributed by atoms with E-state index in [2.05, 4.69) is 39.9 Å². The third-order valence-corrected chi connectivity index (χ3v) is 4.50. The number of nitrogens with one attached hydrogen (secondary N) is 2. The third kappa shape index (κ3) is 5.36. The van der Waals surface area contributed by atoms with Crippen LogP contribution in [0.15, 0.2) is 52.1 Å². The number of benzene rings is 1. The topological polar surface area (TPSA) is 58.8 Å². The molecular formula is C20H27N3O2. The third-order valence-electron chi connectivity index (χ3n) is 4.50. The first-order valence-electron chi connectivity index (χ1n) is 8.98. The van der Waals surface area contributed by atoms with E-state index >= 15 is 0 Å². The Balaban J connectivity index is 1.54. The van der Waals surface area contributed by atoms with Crippen molar-refractivity contribution in [2.75, 3.05) is 26.8 Å². The fourth-order valence-electron chi connectivity index (χ4n) is 3.17. The lowest BCUT2D eigenvalue weighted by Gasteiger charge is -2.27. The molecule has 5 nitrogen and oxygen atoms in total. The fourth-order valence-corrected chi connectivity index (χ4v) is 3.17. The molecule has 1 aliphatic rings. The molecule has 2 N–H and O–H groups in total. The van der Waals surface area contributed by atoms with Crippen molar-refractivity contribution in [3.63, 3.8) is 0 Å². The van der Waals surface area contributed by atoms with Crippen LogP contribution in [0.3, 0.4) is 0 Å². The first-order valence-corrected chi connectivity index (χ1v) is 8.98. The molecule has 25 heavy (non-hydrogen) atoms. The van der Waals surface area contributed by atoms with Gasteiger partial charge in [0, 0.05) is 26.1 Å². The van der Waals surface area contributed by atoms with Crippen molar-refractivity contribution in [3.8, 4) is 0 Å². The number of furan rings is 1. The van der Waals surface area contributed by atoms with Gasteiger partial charge in [-0.25, -0.2) is 0 Å². The van der Waals surface area contributed by atoms with Gasteiger partial charge in [0.25, 0.3) is 0 Å². The summed E-state index contributed by atoms with van der Waals surface area (Å²) in [4.78, 5) is 4.62. The number of fused-ring (bicyclic) bond motifs is 1. The Kier molecular flexibility index (Phi) is 6.51. The SMILES string of the molecule is COCCN=C(NCCc1ccco1)NC1CCc2ccccc2C1. The summed E-state index contributed by atoms with van der Waals surface area (Å²) in [5.41, 5.74) is 2.92. The molecule has 0 bridgehead atoms. The maximum atomic E-state index is 5.38. The Morgan fingerprint density at radius 2 is 2.12 bits per heavy atom. The molecule has 134 valence electrons. The van der Waals surface area contributed by atoms with Crippen molar-refractivity contribution in [2.45, 2.75) is 31.7 Å². The minimum absolute atomic E-state index is 0.410. The molecule has 0 saturated heterocycles. The summed E-state index contributed by atoms with van der Waals surface area (Å²) < 4.78 is 10.5. The van der Waals surface area contributed by atoms with Gasteiger partial charge in [-0.15, -0.1) is 0 Å². The van der Waals surface area contributed by atoms with E-state index in [1.165, 1.54) is 11.1 Å². The number of guanidine groups is 1. The number of aliphatic imine (C=N–C) groups is 1. The summed E-state index contributed by atoms with van der Waals surface area (Å²) >= 11 is 0. The highest BCUT2D eigenvalue weighted by Crippen LogP contribution is 2.20. The van der Waals surface area contributed by atoms with Crippen molar-refractivity contribution in [1.29, 1.82) is 0 Å². The highest BCUT2D eigenvalue weighted by Gasteiger charge is 2.19. The lowest BCUT2D eigenvalue weighted by molar-refractivity contribution is 0.208. The highest BCUT2D eigenvalue weighted by atomic mass is 16.5. The van der Waals surface area contributed by atoms with Crippen LogP contribution in [0.1, 0.15) is 23.3 Å². The zero-order valence-corrected chi connectivity index (χ0v) is 14.8. The maximum absolute atomic E-state index is 5.38. The highest BCUT2D eigenvalue weighted by molar-refractivity contribution is 5.80. The van der Waals surface area contributed by atoms with Crippen LogP contribution >= 0.6 is 0 Å². The molecule has 0 amide bonds. The largest absolute Gasteiger partial charge is 0.469 e. The zero-order chi connectivity index (χ0) is 17.3. The van der Waals surface area contributed by atoms with Gasteiger partial charge >= 0.3 is 0 Å². The van der Waals surface area contributed by atoms with E-state index in [0.717, 1.165) is 43.9 Å². The lowest BCUT2D eigenvalue weighted by atomic mass is 9.88. The quantitative estimate of drug-likeness (QED) is 0.462. The van der Waals surface area contributed by atoms with E-state index in [9.17, 15) is 0 Å². The van der Waals surface area contributed by atoms with Crippen LogP contribution in [0.25, 0.3) is 0 Å². The number of methoxy groups -OCH3 is 1. The van der Waals surface area contributed by atoms with E-state index in [1.54, 1.807) is 13.4 Å². The van der Waals surface area contributed by atoms with Gasteiger partial charge in [-0.05, 0) is 42.5 Å². The van der Waals surface area contributed by atoms with Crippen LogP contribution in [0.4, 0.5) is 0 Å². The number of ether oxygens (including phenoxy) is 1. The van der Waals surface area contributed by atoms with E-state index in [1.807, 2.05) is 12.1 Å². The molecule has 1 atom stereocenters. The summed E-state index contributed by atoms with van der Waals surface area (Å²) in [6.45, 7) is 2.06. The maximum Gasteiger partial charge on any atom is 0.191 e. The number of hydrogen-bond donors (Lipinski definition) is 2. The summed E-state index contributed by atoms with van der Waals surface area (Å²) in [7, 11) is 1.70. The fraction of sp³-hybridized carbons (Fsp3) is 0.450. The average molecular weight is 341 g/mol. The molecule has 2 aromatic rings. The van der Waals surface area contributed by atoms with Crippen LogP contribution < -0.4 is 10.6 Å². The van der Waals surface area contributed by atoms with E-state index < -0.39 is 0 Å². The number of hydrogen-bond acceptors (Lipinski definition) is 3. The summed E-state index contributed by atoms with van der Waals surface area (Å²) in [5, 5.41) is 7.00. The van der Waals surface area contributed by atoms with Crippen LogP contribution in [-0.2, 0) is 24.0 Å². The van der Waals surface area contributed by atoms with Crippen molar-refractivity contribution < 1.29 is 9.15 Å². The lowest BCUT2D eigenvalue weighted by Crippen LogP contribution is -2.46. The van der Waals surface area contributed by atoms with Crippen molar-refractivity contribution in [1.82, 2.24) is 10.6 Å². The molecule has 0 aliphatic heterocycles. The van der Waals surface area contributed by atoms with Crippen molar-refractivity contribution in [2.24, 2.45) is 4.99 Å². The van der Waals surface area contributed by atoms with E-state index in [-0.39, 0.29) is 0 Å². The van der Waals surface area contributed by atoms with Gasteiger partial charge in [-0.1, -0.05) is 24.3 Å². The predicted molar refractivity (Wildman–Crippen MR) is 100.0 cm³/mol. The molecule has 0 radical (unpaired) electrons. The summed E-state index contributed by atoms with van der Waals surface area (Å²) in [6.07, 6.45) is 5.83. The van der Waals surface area contributed by atoms with Gasteiger partial charge in [0.2, 0.25) is 0 Å². The standard InChI is InChI=1S/C20H27N3O2/c1-24-14-12-22-20(21-11-10-19-7-4-13-25-19)23-18-9-8-16-5-2-3-6-17(16)15-18/h2-7,13,18H,8-12,14-15H2,1H3,(H2,21,22,23). The molecule has 3 rings (SSSR count). The molecule has 0 fully saturated rings. The van der Waals surface area contributed by atoms with Gasteiger partial charge in [-0.2, -0.15) is 0 Å². The Hall–Kier alpha value is -2.27.